The van der Waals surface area contributed by atoms with Gasteiger partial charge in [0.05, 0.1) is 6.61 Å². The standard InChI is InChI=1S/C20H23N4O2/c1-20(2,3)18-11-17(24-26-18)15-7-5-14(6-8-15)16-12-22-19(23-13-16)21-9-10-25-4/h5,7-8,11-13H,9-10H2,1-4H3,(H,21,22,23). The summed E-state index contributed by atoms with van der Waals surface area (Å²) in [5.41, 5.74) is 3.55. The Bertz CT molecular complexity index is 833. The zero-order valence-electron chi connectivity index (χ0n) is 15.5. The van der Waals surface area contributed by atoms with Gasteiger partial charge in [-0.2, -0.15) is 0 Å². The van der Waals surface area contributed by atoms with Gasteiger partial charge in [0.15, 0.2) is 0 Å². The third-order valence-corrected chi connectivity index (χ3v) is 3.91. The first-order valence-corrected chi connectivity index (χ1v) is 8.52. The molecular weight excluding hydrogens is 328 g/mol. The largest absolute Gasteiger partial charge is 0.383 e. The van der Waals surface area contributed by atoms with Crippen molar-refractivity contribution in [3.8, 4) is 22.4 Å². The summed E-state index contributed by atoms with van der Waals surface area (Å²) < 4.78 is 10.4. The number of rotatable bonds is 6. The van der Waals surface area contributed by atoms with Gasteiger partial charge in [0, 0.05) is 48.7 Å². The molecule has 3 rings (SSSR count). The predicted octanol–water partition coefficient (Wildman–Crippen LogP) is 3.95. The summed E-state index contributed by atoms with van der Waals surface area (Å²) >= 11 is 0. The van der Waals surface area contributed by atoms with Crippen LogP contribution >= 0.6 is 0 Å². The minimum atomic E-state index is -0.0642. The average molecular weight is 351 g/mol. The molecule has 3 aromatic rings. The fraction of sp³-hybridized carbons (Fsp3) is 0.350. The molecule has 6 heteroatoms. The number of ether oxygens (including phenoxy) is 1. The minimum absolute atomic E-state index is 0.0642. The molecule has 6 nitrogen and oxygen atoms in total. The van der Waals surface area contributed by atoms with Crippen LogP contribution in [0.2, 0.25) is 0 Å². The monoisotopic (exact) mass is 351 g/mol. The van der Waals surface area contributed by atoms with E-state index in [9.17, 15) is 0 Å². The highest BCUT2D eigenvalue weighted by Gasteiger charge is 2.20. The number of nitrogens with zero attached hydrogens (tertiary/aromatic N) is 3. The van der Waals surface area contributed by atoms with Gasteiger partial charge in [0.2, 0.25) is 5.95 Å². The van der Waals surface area contributed by atoms with Crippen molar-refractivity contribution in [1.29, 1.82) is 0 Å². The van der Waals surface area contributed by atoms with Crippen LogP contribution in [0.1, 0.15) is 26.5 Å². The van der Waals surface area contributed by atoms with Crippen LogP contribution in [0.4, 0.5) is 5.95 Å². The lowest BCUT2D eigenvalue weighted by atomic mass is 9.93. The molecule has 135 valence electrons. The van der Waals surface area contributed by atoms with Crippen molar-refractivity contribution in [1.82, 2.24) is 15.1 Å². The van der Waals surface area contributed by atoms with E-state index in [1.54, 1.807) is 19.5 Å². The topological polar surface area (TPSA) is 73.1 Å². The quantitative estimate of drug-likeness (QED) is 0.678. The van der Waals surface area contributed by atoms with Gasteiger partial charge in [-0.15, -0.1) is 0 Å². The highest BCUT2D eigenvalue weighted by atomic mass is 16.5. The van der Waals surface area contributed by atoms with Gasteiger partial charge < -0.3 is 14.6 Å². The summed E-state index contributed by atoms with van der Waals surface area (Å²) in [6.07, 6.45) is 3.56. The Morgan fingerprint density at radius 3 is 2.50 bits per heavy atom. The van der Waals surface area contributed by atoms with Crippen LogP contribution in [0.5, 0.6) is 0 Å². The van der Waals surface area contributed by atoms with Crippen molar-refractivity contribution in [2.75, 3.05) is 25.6 Å². The molecule has 26 heavy (non-hydrogen) atoms. The number of anilines is 1. The van der Waals surface area contributed by atoms with E-state index in [0.717, 1.165) is 28.1 Å². The molecule has 0 saturated carbocycles. The van der Waals surface area contributed by atoms with E-state index >= 15 is 0 Å². The smallest absolute Gasteiger partial charge is 0.222 e. The van der Waals surface area contributed by atoms with E-state index < -0.39 is 0 Å². The maximum atomic E-state index is 5.45. The van der Waals surface area contributed by atoms with Gasteiger partial charge in [-0.3, -0.25) is 0 Å². The highest BCUT2D eigenvalue weighted by molar-refractivity contribution is 5.67. The third kappa shape index (κ3) is 4.26. The number of aromatic nitrogens is 3. The first kappa shape index (κ1) is 18.1. The van der Waals surface area contributed by atoms with Crippen molar-refractivity contribution >= 4 is 5.95 Å². The second kappa shape index (κ2) is 7.66. The summed E-state index contributed by atoms with van der Waals surface area (Å²) in [7, 11) is 1.66. The Morgan fingerprint density at radius 1 is 1.15 bits per heavy atom. The fourth-order valence-electron chi connectivity index (χ4n) is 2.35. The molecule has 1 N–H and O–H groups in total. The molecule has 0 amide bonds. The van der Waals surface area contributed by atoms with Gasteiger partial charge in [-0.25, -0.2) is 9.97 Å². The van der Waals surface area contributed by atoms with Gasteiger partial charge >= 0.3 is 0 Å². The summed E-state index contributed by atoms with van der Waals surface area (Å²) in [5.74, 6) is 1.45. The Labute approximate surface area is 153 Å². The zero-order valence-corrected chi connectivity index (χ0v) is 15.5. The van der Waals surface area contributed by atoms with Crippen molar-refractivity contribution in [2.24, 2.45) is 0 Å². The normalized spacial score (nSPS) is 11.5. The number of hydrogen-bond donors (Lipinski definition) is 1. The maximum Gasteiger partial charge on any atom is 0.222 e. The van der Waals surface area contributed by atoms with Crippen molar-refractivity contribution < 1.29 is 9.26 Å². The van der Waals surface area contributed by atoms with Gasteiger partial charge in [0.25, 0.3) is 0 Å². The lowest BCUT2D eigenvalue weighted by Crippen LogP contribution is -2.09. The zero-order chi connectivity index (χ0) is 18.6. The SMILES string of the molecule is COCCNc1ncc(-c2[c]cc(-c3cc(C(C)(C)C)on3)cc2)cn1. The molecule has 0 fully saturated rings. The molecule has 0 saturated heterocycles. The van der Waals surface area contributed by atoms with E-state index in [2.05, 4.69) is 47.3 Å². The second-order valence-corrected chi connectivity index (χ2v) is 7.03. The Hall–Kier alpha value is -2.73. The van der Waals surface area contributed by atoms with Crippen LogP contribution in [0.25, 0.3) is 22.4 Å². The van der Waals surface area contributed by atoms with Crippen molar-refractivity contribution in [2.45, 2.75) is 26.2 Å². The Balaban J connectivity index is 1.72. The number of methoxy groups -OCH3 is 1. The van der Waals surface area contributed by atoms with E-state index in [1.807, 2.05) is 24.3 Å². The van der Waals surface area contributed by atoms with E-state index in [4.69, 9.17) is 9.26 Å². The fourth-order valence-corrected chi connectivity index (χ4v) is 2.35. The van der Waals surface area contributed by atoms with Crippen LogP contribution in [-0.4, -0.2) is 35.4 Å². The van der Waals surface area contributed by atoms with E-state index in [0.29, 0.717) is 19.1 Å². The summed E-state index contributed by atoms with van der Waals surface area (Å²) in [4.78, 5) is 8.63. The number of hydrogen-bond acceptors (Lipinski definition) is 6. The molecule has 2 heterocycles. The first-order chi connectivity index (χ1) is 12.5. The number of nitrogens with one attached hydrogen (secondary N) is 1. The molecule has 1 aromatic carbocycles. The van der Waals surface area contributed by atoms with Gasteiger partial charge in [0.1, 0.15) is 11.5 Å². The number of benzene rings is 1. The Kier molecular flexibility index (Phi) is 5.32. The maximum absolute atomic E-state index is 5.45. The summed E-state index contributed by atoms with van der Waals surface area (Å²) in [5, 5.41) is 7.26. The Morgan fingerprint density at radius 2 is 1.92 bits per heavy atom. The molecule has 0 spiro atoms. The summed E-state index contributed by atoms with van der Waals surface area (Å²) in [6, 6.07) is 11.1. The molecule has 2 aromatic heterocycles. The van der Waals surface area contributed by atoms with Crippen LogP contribution < -0.4 is 5.32 Å². The van der Waals surface area contributed by atoms with Crippen molar-refractivity contribution in [3.05, 3.63) is 48.5 Å². The van der Waals surface area contributed by atoms with Crippen LogP contribution in [0.3, 0.4) is 0 Å². The van der Waals surface area contributed by atoms with Crippen LogP contribution in [0, 0.1) is 6.07 Å². The molecule has 0 bridgehead atoms. The predicted molar refractivity (Wildman–Crippen MR) is 101 cm³/mol. The molecule has 0 unspecified atom stereocenters. The van der Waals surface area contributed by atoms with Crippen molar-refractivity contribution in [3.63, 3.8) is 0 Å². The summed E-state index contributed by atoms with van der Waals surface area (Å²) in [6.45, 7) is 7.57. The highest BCUT2D eigenvalue weighted by Crippen LogP contribution is 2.28. The lowest BCUT2D eigenvalue weighted by Gasteiger charge is -2.12. The first-order valence-electron chi connectivity index (χ1n) is 8.52. The molecule has 0 aliphatic carbocycles. The van der Waals surface area contributed by atoms with Gasteiger partial charge in [-0.1, -0.05) is 38.1 Å². The minimum Gasteiger partial charge on any atom is -0.383 e. The molecule has 1 radical (unpaired) electrons. The van der Waals surface area contributed by atoms with E-state index in [1.165, 1.54) is 0 Å². The van der Waals surface area contributed by atoms with E-state index in [-0.39, 0.29) is 5.41 Å². The lowest BCUT2D eigenvalue weighted by molar-refractivity contribution is 0.210. The van der Waals surface area contributed by atoms with Crippen LogP contribution in [0.15, 0.2) is 41.2 Å². The molecule has 0 aliphatic rings. The van der Waals surface area contributed by atoms with Gasteiger partial charge in [-0.05, 0) is 17.7 Å². The third-order valence-electron chi connectivity index (χ3n) is 3.91. The molecule has 0 atom stereocenters. The molecule has 0 aliphatic heterocycles. The second-order valence-electron chi connectivity index (χ2n) is 7.03. The molecular formula is C20H23N4O2. The average Bonchev–Trinajstić information content (AvgIpc) is 3.13. The van der Waals surface area contributed by atoms with Crippen LogP contribution in [-0.2, 0) is 10.2 Å².